The Morgan fingerprint density at radius 2 is 0.889 bits per heavy atom. The Labute approximate surface area is 134 Å². The fourth-order valence-electron chi connectivity index (χ4n) is 0.227. The highest BCUT2D eigenvalue weighted by Crippen LogP contribution is 2.45. The van der Waals surface area contributed by atoms with Crippen LogP contribution in [-0.4, -0.2) is 1.13 Å². The van der Waals surface area contributed by atoms with Gasteiger partial charge in [-0.05, 0) is 5.67 Å². The van der Waals surface area contributed by atoms with Crippen molar-refractivity contribution in [3.05, 3.63) is 0 Å². The first-order chi connectivity index (χ1) is 3.71. The van der Waals surface area contributed by atoms with E-state index in [9.17, 15) is 0 Å². The summed E-state index contributed by atoms with van der Waals surface area (Å²) in [6.45, 7) is 0. The van der Waals surface area contributed by atoms with Gasteiger partial charge in [0, 0.05) is 0 Å². The Morgan fingerprint density at radius 3 is 0.889 bits per heavy atom. The summed E-state index contributed by atoms with van der Waals surface area (Å²) in [6, 6.07) is 0. The summed E-state index contributed by atoms with van der Waals surface area (Å²) < 4.78 is -1.69. The summed E-state index contributed by atoms with van der Waals surface area (Å²) >= 11 is 15.8. The molecule has 0 N–H and O–H groups in total. The molecular weight excluding hydrogens is 830 g/mol. The molecule has 0 aliphatic carbocycles. The number of hydrogen-bond acceptors (Lipinski definition) is 0. The van der Waals surface area contributed by atoms with E-state index in [1.54, 1.807) is 0 Å². The monoisotopic (exact) mass is 831 g/mol. The molecule has 0 aromatic rings. The lowest BCUT2D eigenvalue weighted by atomic mass is 11.9. The molecule has 0 aliphatic heterocycles. The summed E-state index contributed by atoms with van der Waals surface area (Å²) in [5.74, 6) is 0. The fourth-order valence-corrected chi connectivity index (χ4v) is 92.1. The largest absolute Gasteiger partial charge is 0.253 e. The van der Waals surface area contributed by atoms with Crippen LogP contribution in [0.1, 0.15) is 0 Å². The van der Waals surface area contributed by atoms with Crippen LogP contribution in [0.15, 0.2) is 0 Å². The lowest BCUT2D eigenvalue weighted by Crippen LogP contribution is -2.19. The second kappa shape index (κ2) is 5.64. The number of hydrogen-bond donors (Lipinski definition) is 0. The SMILES string of the molecule is I[Si](I)(I)C[Si](I)(I)I. The second-order valence-corrected chi connectivity index (χ2v) is 75.6. The molecule has 0 aromatic carbocycles. The standard InChI is InChI=1S/CH2I6Si2/c2-8(3,4)1-9(5,6)7/h1H2. The van der Waals surface area contributed by atoms with Crippen LogP contribution in [0.25, 0.3) is 0 Å². The van der Waals surface area contributed by atoms with E-state index in [-0.39, 0.29) is 0 Å². The molecule has 0 spiro atoms. The zero-order valence-corrected chi connectivity index (χ0v) is 18.9. The third-order valence-corrected chi connectivity index (χ3v) is 24.2. The van der Waals surface area contributed by atoms with Crippen LogP contribution in [-0.2, 0) is 0 Å². The highest BCUT2D eigenvalue weighted by molar-refractivity contribution is 14.4. The minimum Gasteiger partial charge on any atom is -0.0912 e. The van der Waals surface area contributed by atoms with Gasteiger partial charge in [0.05, 0.1) is 0 Å². The Bertz CT molecular complexity index is 76.2. The van der Waals surface area contributed by atoms with Gasteiger partial charge in [0.15, 0.2) is 0 Å². The van der Waals surface area contributed by atoms with Crippen LogP contribution in [0, 0.1) is 0 Å². The molecule has 0 atom stereocenters. The predicted octanol–water partition coefficient (Wildman–Crippen LogP) is 5.01. The molecule has 0 nitrogen and oxygen atoms in total. The number of halogens is 6. The van der Waals surface area contributed by atoms with E-state index >= 15 is 0 Å². The maximum atomic E-state index is 2.63. The van der Waals surface area contributed by atoms with Gasteiger partial charge in [-0.1, -0.05) is 131 Å². The van der Waals surface area contributed by atoms with Gasteiger partial charge in [-0.25, -0.2) is 0 Å². The summed E-state index contributed by atoms with van der Waals surface area (Å²) in [7, 11) is 0. The Hall–Kier alpha value is 4.81. The van der Waals surface area contributed by atoms with E-state index in [4.69, 9.17) is 0 Å². The summed E-state index contributed by atoms with van der Waals surface area (Å²) in [6.07, 6.45) is 0. The Balaban J connectivity index is 3.75. The molecule has 8 heteroatoms. The van der Waals surface area contributed by atoms with Gasteiger partial charge < -0.3 is 0 Å². The van der Waals surface area contributed by atoms with Crippen LogP contribution in [0.2, 0.25) is 5.67 Å². The predicted molar refractivity (Wildman–Crippen MR) is 100 cm³/mol. The number of rotatable bonds is 2. The molecule has 0 amide bonds. The maximum Gasteiger partial charge on any atom is 0.253 e. The molecule has 56 valence electrons. The summed E-state index contributed by atoms with van der Waals surface area (Å²) in [5.41, 5.74) is 1.49. The van der Waals surface area contributed by atoms with Gasteiger partial charge in [0.1, 0.15) is 0 Å². The van der Waals surface area contributed by atoms with Crippen molar-refractivity contribution in [2.75, 3.05) is 0 Å². The van der Waals surface area contributed by atoms with E-state index in [2.05, 4.69) is 131 Å². The molecule has 0 rings (SSSR count). The van der Waals surface area contributed by atoms with Crippen LogP contribution >= 0.6 is 131 Å². The van der Waals surface area contributed by atoms with Crippen molar-refractivity contribution in [1.82, 2.24) is 0 Å². The normalized spacial score (nSPS) is 14.0. The first kappa shape index (κ1) is 13.8. The molecule has 0 heterocycles. The van der Waals surface area contributed by atoms with Crippen molar-refractivity contribution < 1.29 is 0 Å². The van der Waals surface area contributed by atoms with Crippen molar-refractivity contribution in [2.45, 2.75) is 5.67 Å². The van der Waals surface area contributed by atoms with Crippen molar-refractivity contribution in [3.8, 4) is 0 Å². The molecule has 0 unspecified atom stereocenters. The lowest BCUT2D eigenvalue weighted by molar-refractivity contribution is 2.10. The molecular formula is CH2I6Si2. The van der Waals surface area contributed by atoms with E-state index in [1.807, 2.05) is 0 Å². The quantitative estimate of drug-likeness (QED) is 0.209. The van der Waals surface area contributed by atoms with Crippen molar-refractivity contribution in [2.24, 2.45) is 0 Å². The van der Waals surface area contributed by atoms with Gasteiger partial charge >= 0.3 is 0 Å². The minimum absolute atomic E-state index is 0.843. The van der Waals surface area contributed by atoms with Crippen molar-refractivity contribution in [1.29, 1.82) is 0 Å². The molecule has 0 saturated carbocycles. The average molecular weight is 832 g/mol. The average Bonchev–Trinajstić information content (AvgIpc) is 1.14. The van der Waals surface area contributed by atoms with Crippen LogP contribution in [0.5, 0.6) is 0 Å². The molecule has 0 bridgehead atoms. The zero-order chi connectivity index (χ0) is 7.71. The van der Waals surface area contributed by atoms with Crippen LogP contribution in [0.4, 0.5) is 0 Å². The molecule has 0 saturated heterocycles. The fraction of sp³-hybridized carbons (Fsp3) is 1.00. The highest BCUT2D eigenvalue weighted by atomic mass is 127. The third-order valence-electron chi connectivity index (χ3n) is 0.401. The third kappa shape index (κ3) is 12.8. The molecule has 0 fully saturated rings. The van der Waals surface area contributed by atoms with E-state index in [0.717, 1.165) is 0 Å². The smallest absolute Gasteiger partial charge is 0.0912 e. The maximum absolute atomic E-state index is 2.63. The Morgan fingerprint density at radius 1 is 0.667 bits per heavy atom. The second-order valence-electron chi connectivity index (χ2n) is 1.41. The van der Waals surface area contributed by atoms with Crippen LogP contribution < -0.4 is 0 Å². The van der Waals surface area contributed by atoms with Gasteiger partial charge in [-0.3, -0.25) is 0 Å². The first-order valence-electron chi connectivity index (χ1n) is 1.84. The summed E-state index contributed by atoms with van der Waals surface area (Å²) in [4.78, 5) is 0. The van der Waals surface area contributed by atoms with E-state index in [0.29, 0.717) is 0 Å². The van der Waals surface area contributed by atoms with Crippen molar-refractivity contribution >= 4 is 132 Å². The van der Waals surface area contributed by atoms with Gasteiger partial charge in [-0.2, -0.15) is 0 Å². The van der Waals surface area contributed by atoms with E-state index in [1.165, 1.54) is 5.67 Å². The topological polar surface area (TPSA) is 0 Å². The molecule has 0 aromatic heterocycles. The lowest BCUT2D eigenvalue weighted by Gasteiger charge is -2.14. The van der Waals surface area contributed by atoms with Gasteiger partial charge in [0.25, 0.3) is 1.13 Å². The van der Waals surface area contributed by atoms with Gasteiger partial charge in [-0.15, -0.1) is 0 Å². The van der Waals surface area contributed by atoms with Crippen molar-refractivity contribution in [3.63, 3.8) is 0 Å². The molecule has 0 aliphatic rings. The Kier molecular flexibility index (Phi) is 8.65. The van der Waals surface area contributed by atoms with Crippen LogP contribution in [0.3, 0.4) is 0 Å². The van der Waals surface area contributed by atoms with Gasteiger partial charge in [0.2, 0.25) is 0 Å². The molecule has 9 heavy (non-hydrogen) atoms. The highest BCUT2D eigenvalue weighted by Gasteiger charge is 2.34. The zero-order valence-electron chi connectivity index (χ0n) is 3.97. The van der Waals surface area contributed by atoms with E-state index < -0.39 is 1.13 Å². The molecule has 0 radical (unpaired) electrons. The first-order valence-corrected chi connectivity index (χ1v) is 24.9. The summed E-state index contributed by atoms with van der Waals surface area (Å²) in [5, 5.41) is 0. The minimum atomic E-state index is -0.843.